The standard InChI is InChI=1S/C15H18N2O2/c1-11(18)15(19)16(2)9-8-12-10-17(3)14-7-5-4-6-13(12)14/h4-7,10H,8-9H2,1-3H3. The zero-order chi connectivity index (χ0) is 14.0. The number of amides is 1. The number of hydrogen-bond acceptors (Lipinski definition) is 2. The average Bonchev–Trinajstić information content (AvgIpc) is 2.72. The zero-order valence-electron chi connectivity index (χ0n) is 11.5. The molecule has 0 aliphatic heterocycles. The van der Waals surface area contributed by atoms with Gasteiger partial charge in [0, 0.05) is 44.7 Å². The van der Waals surface area contributed by atoms with Crippen LogP contribution in [-0.4, -0.2) is 34.7 Å². The molecule has 19 heavy (non-hydrogen) atoms. The van der Waals surface area contributed by atoms with E-state index in [1.54, 1.807) is 7.05 Å². The van der Waals surface area contributed by atoms with Crippen LogP contribution in [0.1, 0.15) is 12.5 Å². The fourth-order valence-corrected chi connectivity index (χ4v) is 2.28. The molecule has 0 aliphatic carbocycles. The molecule has 4 heteroatoms. The van der Waals surface area contributed by atoms with E-state index in [4.69, 9.17) is 0 Å². The first-order valence-corrected chi connectivity index (χ1v) is 6.29. The maximum absolute atomic E-state index is 11.5. The molecule has 1 amide bonds. The molecule has 0 N–H and O–H groups in total. The Morgan fingerprint density at radius 2 is 1.95 bits per heavy atom. The van der Waals surface area contributed by atoms with Crippen molar-refractivity contribution >= 4 is 22.6 Å². The second-order valence-corrected chi connectivity index (χ2v) is 4.82. The van der Waals surface area contributed by atoms with Crippen LogP contribution in [0.4, 0.5) is 0 Å². The van der Waals surface area contributed by atoms with E-state index in [1.165, 1.54) is 28.3 Å². The second-order valence-electron chi connectivity index (χ2n) is 4.82. The number of para-hydroxylation sites is 1. The number of hydrogen-bond donors (Lipinski definition) is 0. The van der Waals surface area contributed by atoms with E-state index in [0.717, 1.165) is 6.42 Å². The van der Waals surface area contributed by atoms with Gasteiger partial charge in [-0.15, -0.1) is 0 Å². The monoisotopic (exact) mass is 258 g/mol. The number of aromatic nitrogens is 1. The van der Waals surface area contributed by atoms with E-state index in [-0.39, 0.29) is 0 Å². The molecule has 1 heterocycles. The van der Waals surface area contributed by atoms with E-state index in [1.807, 2.05) is 19.2 Å². The molecule has 0 bridgehead atoms. The van der Waals surface area contributed by atoms with Crippen molar-refractivity contribution in [3.8, 4) is 0 Å². The van der Waals surface area contributed by atoms with Crippen molar-refractivity contribution in [1.29, 1.82) is 0 Å². The molecule has 4 nitrogen and oxygen atoms in total. The van der Waals surface area contributed by atoms with Crippen molar-refractivity contribution in [2.45, 2.75) is 13.3 Å². The molecule has 0 radical (unpaired) electrons. The summed E-state index contributed by atoms with van der Waals surface area (Å²) in [7, 11) is 3.67. The lowest BCUT2D eigenvalue weighted by atomic mass is 10.1. The van der Waals surface area contributed by atoms with E-state index in [0.29, 0.717) is 6.54 Å². The van der Waals surface area contributed by atoms with Gasteiger partial charge in [0.1, 0.15) is 0 Å². The number of benzene rings is 1. The quantitative estimate of drug-likeness (QED) is 0.784. The highest BCUT2D eigenvalue weighted by Gasteiger charge is 2.14. The zero-order valence-corrected chi connectivity index (χ0v) is 11.5. The summed E-state index contributed by atoms with van der Waals surface area (Å²) in [5.74, 6) is -0.847. The Bertz CT molecular complexity index is 628. The number of rotatable bonds is 4. The number of Topliss-reactive ketones (excluding diaryl/α,β-unsaturated/α-hetero) is 1. The van der Waals surface area contributed by atoms with Crippen LogP contribution in [0.25, 0.3) is 10.9 Å². The Hall–Kier alpha value is -2.10. The van der Waals surface area contributed by atoms with Crippen molar-refractivity contribution < 1.29 is 9.59 Å². The number of fused-ring (bicyclic) bond motifs is 1. The fourth-order valence-electron chi connectivity index (χ4n) is 2.28. The molecular weight excluding hydrogens is 240 g/mol. The minimum atomic E-state index is -0.430. The van der Waals surface area contributed by atoms with Crippen LogP contribution < -0.4 is 0 Å². The summed E-state index contributed by atoms with van der Waals surface area (Å²) in [5.41, 5.74) is 2.37. The maximum Gasteiger partial charge on any atom is 0.289 e. The second kappa shape index (κ2) is 5.26. The molecule has 0 fully saturated rings. The minimum Gasteiger partial charge on any atom is -0.350 e. The lowest BCUT2D eigenvalue weighted by Crippen LogP contribution is -2.33. The third kappa shape index (κ3) is 2.67. The van der Waals surface area contributed by atoms with Crippen molar-refractivity contribution in [1.82, 2.24) is 9.47 Å². The van der Waals surface area contributed by atoms with Crippen molar-refractivity contribution in [3.05, 3.63) is 36.0 Å². The highest BCUT2D eigenvalue weighted by atomic mass is 16.2. The number of carbonyl (C=O) groups is 2. The van der Waals surface area contributed by atoms with Crippen LogP contribution in [-0.2, 0) is 23.1 Å². The summed E-state index contributed by atoms with van der Waals surface area (Å²) < 4.78 is 2.08. The Morgan fingerprint density at radius 3 is 2.63 bits per heavy atom. The molecule has 1 aromatic heterocycles. The van der Waals surface area contributed by atoms with Crippen LogP contribution in [0.5, 0.6) is 0 Å². The average molecular weight is 258 g/mol. The first-order chi connectivity index (χ1) is 9.00. The third-order valence-corrected chi connectivity index (χ3v) is 3.34. The molecule has 0 unspecified atom stereocenters. The van der Waals surface area contributed by atoms with Gasteiger partial charge in [0.05, 0.1) is 0 Å². The molecule has 100 valence electrons. The van der Waals surface area contributed by atoms with Crippen LogP contribution in [0.15, 0.2) is 30.5 Å². The lowest BCUT2D eigenvalue weighted by Gasteiger charge is -2.14. The molecule has 0 saturated heterocycles. The number of nitrogens with zero attached hydrogens (tertiary/aromatic N) is 2. The van der Waals surface area contributed by atoms with Crippen molar-refractivity contribution in [2.24, 2.45) is 7.05 Å². The Kier molecular flexibility index (Phi) is 3.69. The van der Waals surface area contributed by atoms with Crippen molar-refractivity contribution in [3.63, 3.8) is 0 Å². The first kappa shape index (κ1) is 13.3. The summed E-state index contributed by atoms with van der Waals surface area (Å²) in [6.45, 7) is 1.85. The summed E-state index contributed by atoms with van der Waals surface area (Å²) >= 11 is 0. The van der Waals surface area contributed by atoms with E-state index in [9.17, 15) is 9.59 Å². The van der Waals surface area contributed by atoms with Gasteiger partial charge >= 0.3 is 0 Å². The van der Waals surface area contributed by atoms with Crippen LogP contribution in [0.3, 0.4) is 0 Å². The number of ketones is 1. The lowest BCUT2D eigenvalue weighted by molar-refractivity contribution is -0.142. The summed E-state index contributed by atoms with van der Waals surface area (Å²) in [4.78, 5) is 24.0. The van der Waals surface area contributed by atoms with Gasteiger partial charge in [-0.25, -0.2) is 0 Å². The van der Waals surface area contributed by atoms with E-state index < -0.39 is 11.7 Å². The van der Waals surface area contributed by atoms with E-state index >= 15 is 0 Å². The fraction of sp³-hybridized carbons (Fsp3) is 0.333. The summed E-state index contributed by atoms with van der Waals surface area (Å²) in [6.07, 6.45) is 2.83. The Labute approximate surface area is 112 Å². The van der Waals surface area contributed by atoms with Gasteiger partial charge in [-0.05, 0) is 18.1 Å². The van der Waals surface area contributed by atoms with Gasteiger partial charge in [-0.1, -0.05) is 18.2 Å². The van der Waals surface area contributed by atoms with Gasteiger partial charge in [0.2, 0.25) is 5.78 Å². The predicted octanol–water partition coefficient (Wildman–Crippen LogP) is 1.77. The Balaban J connectivity index is 2.14. The van der Waals surface area contributed by atoms with Crippen molar-refractivity contribution in [2.75, 3.05) is 13.6 Å². The number of aryl methyl sites for hydroxylation is 1. The summed E-state index contributed by atoms with van der Waals surface area (Å²) in [5, 5.41) is 1.20. The normalized spacial score (nSPS) is 10.7. The van der Waals surface area contributed by atoms with E-state index in [2.05, 4.69) is 22.9 Å². The first-order valence-electron chi connectivity index (χ1n) is 6.29. The number of carbonyl (C=O) groups excluding carboxylic acids is 2. The number of likely N-dealkylation sites (N-methyl/N-ethyl adjacent to an activating group) is 1. The molecule has 0 spiro atoms. The van der Waals surface area contributed by atoms with Gasteiger partial charge in [-0.3, -0.25) is 9.59 Å². The Morgan fingerprint density at radius 1 is 1.26 bits per heavy atom. The van der Waals surface area contributed by atoms with Gasteiger partial charge in [0.25, 0.3) is 5.91 Å². The molecule has 0 atom stereocenters. The minimum absolute atomic E-state index is 0.416. The topological polar surface area (TPSA) is 42.3 Å². The SMILES string of the molecule is CC(=O)C(=O)N(C)CCc1cn(C)c2ccccc12. The largest absolute Gasteiger partial charge is 0.350 e. The molecular formula is C15H18N2O2. The molecule has 1 aromatic carbocycles. The highest BCUT2D eigenvalue weighted by molar-refractivity contribution is 6.34. The molecule has 0 aliphatic rings. The molecule has 2 rings (SSSR count). The van der Waals surface area contributed by atoms with Gasteiger partial charge < -0.3 is 9.47 Å². The summed E-state index contributed by atoms with van der Waals surface area (Å²) in [6, 6.07) is 8.18. The third-order valence-electron chi connectivity index (χ3n) is 3.34. The van der Waals surface area contributed by atoms with Crippen LogP contribution in [0.2, 0.25) is 0 Å². The molecule has 0 saturated carbocycles. The maximum atomic E-state index is 11.5. The molecule has 2 aromatic rings. The predicted molar refractivity (Wildman–Crippen MR) is 74.9 cm³/mol. The van der Waals surface area contributed by atoms with Gasteiger partial charge in [-0.2, -0.15) is 0 Å². The van der Waals surface area contributed by atoms with Crippen LogP contribution >= 0.6 is 0 Å². The smallest absolute Gasteiger partial charge is 0.289 e. The van der Waals surface area contributed by atoms with Gasteiger partial charge in [0.15, 0.2) is 0 Å². The highest BCUT2D eigenvalue weighted by Crippen LogP contribution is 2.20. The van der Waals surface area contributed by atoms with Crippen LogP contribution in [0, 0.1) is 0 Å².